The molecule has 0 saturated heterocycles. The van der Waals surface area contributed by atoms with E-state index in [0.29, 0.717) is 16.4 Å². The molecule has 0 aliphatic rings. The Morgan fingerprint density at radius 3 is 2.62 bits per heavy atom. The molecule has 0 fully saturated rings. The smallest absolute Gasteiger partial charge is 0.307 e. The molecule has 0 bridgehead atoms. The zero-order chi connectivity index (χ0) is 15.2. The molecule has 0 aliphatic carbocycles. The third-order valence-corrected chi connectivity index (χ3v) is 3.39. The lowest BCUT2D eigenvalue weighted by Gasteiger charge is -2.06. The van der Waals surface area contributed by atoms with Crippen LogP contribution in [0.2, 0.25) is 0 Å². The van der Waals surface area contributed by atoms with Gasteiger partial charge in [0.1, 0.15) is 5.75 Å². The first-order chi connectivity index (χ1) is 10.0. The number of thiazole rings is 1. The Kier molecular flexibility index (Phi) is 4.89. The summed E-state index contributed by atoms with van der Waals surface area (Å²) >= 11 is 1.35. The molecule has 0 saturated carbocycles. The van der Waals surface area contributed by atoms with Gasteiger partial charge in [-0.05, 0) is 24.6 Å². The number of hydrogen-bond acceptors (Lipinski definition) is 5. The monoisotopic (exact) mass is 306 g/mol. The molecule has 1 amide bonds. The van der Waals surface area contributed by atoms with Crippen LogP contribution in [0.5, 0.6) is 5.75 Å². The predicted octanol–water partition coefficient (Wildman–Crippen LogP) is 2.10. The zero-order valence-corrected chi connectivity index (χ0v) is 12.1. The van der Waals surface area contributed by atoms with Crippen LogP contribution in [0, 0.1) is 6.92 Å². The first kappa shape index (κ1) is 15.0. The normalized spacial score (nSPS) is 10.1. The van der Waals surface area contributed by atoms with Crippen molar-refractivity contribution in [1.82, 2.24) is 4.98 Å². The van der Waals surface area contributed by atoms with E-state index in [1.807, 2.05) is 12.3 Å². The van der Waals surface area contributed by atoms with Crippen molar-refractivity contribution in [2.45, 2.75) is 13.3 Å². The third-order valence-electron chi connectivity index (χ3n) is 2.51. The van der Waals surface area contributed by atoms with E-state index in [4.69, 9.17) is 9.84 Å². The van der Waals surface area contributed by atoms with E-state index in [2.05, 4.69) is 10.3 Å². The van der Waals surface area contributed by atoms with Crippen LogP contribution in [0.15, 0.2) is 29.6 Å². The highest BCUT2D eigenvalue weighted by atomic mass is 32.1. The average molecular weight is 306 g/mol. The van der Waals surface area contributed by atoms with Crippen LogP contribution in [-0.2, 0) is 16.0 Å². The summed E-state index contributed by atoms with van der Waals surface area (Å²) in [6.45, 7) is 1.72. The summed E-state index contributed by atoms with van der Waals surface area (Å²) in [5, 5.41) is 13.7. The first-order valence-corrected chi connectivity index (χ1v) is 7.06. The number of aryl methyl sites for hydroxylation is 1. The topological polar surface area (TPSA) is 88.5 Å². The Bertz CT molecular complexity index is 637. The molecule has 21 heavy (non-hydrogen) atoms. The maximum Gasteiger partial charge on any atom is 0.307 e. The van der Waals surface area contributed by atoms with Gasteiger partial charge in [-0.15, -0.1) is 11.3 Å². The van der Waals surface area contributed by atoms with Crippen molar-refractivity contribution in [3.63, 3.8) is 0 Å². The quantitative estimate of drug-likeness (QED) is 0.853. The second kappa shape index (κ2) is 6.85. The summed E-state index contributed by atoms with van der Waals surface area (Å²) in [5.41, 5.74) is 1.53. The molecule has 2 aromatic rings. The van der Waals surface area contributed by atoms with Gasteiger partial charge >= 0.3 is 5.97 Å². The Balaban J connectivity index is 1.82. The van der Waals surface area contributed by atoms with Crippen LogP contribution < -0.4 is 10.1 Å². The summed E-state index contributed by atoms with van der Waals surface area (Å²) in [7, 11) is 0. The van der Waals surface area contributed by atoms with Crippen molar-refractivity contribution in [3.8, 4) is 5.75 Å². The van der Waals surface area contributed by atoms with E-state index in [9.17, 15) is 9.59 Å². The van der Waals surface area contributed by atoms with E-state index in [-0.39, 0.29) is 18.9 Å². The number of ether oxygens (including phenoxy) is 1. The summed E-state index contributed by atoms with van der Waals surface area (Å²) in [4.78, 5) is 26.3. The fraction of sp³-hybridized carbons (Fsp3) is 0.214. The molecule has 0 radical (unpaired) electrons. The average Bonchev–Trinajstić information content (AvgIpc) is 2.83. The van der Waals surface area contributed by atoms with Gasteiger partial charge in [-0.25, -0.2) is 4.98 Å². The lowest BCUT2D eigenvalue weighted by atomic mass is 10.1. The number of carboxylic acids is 1. The van der Waals surface area contributed by atoms with Crippen LogP contribution in [0.25, 0.3) is 0 Å². The zero-order valence-electron chi connectivity index (χ0n) is 11.3. The number of aromatic nitrogens is 1. The van der Waals surface area contributed by atoms with Gasteiger partial charge in [0.2, 0.25) is 0 Å². The molecule has 0 spiro atoms. The summed E-state index contributed by atoms with van der Waals surface area (Å²) < 4.78 is 5.32. The number of carbonyl (C=O) groups excluding carboxylic acids is 1. The number of rotatable bonds is 6. The van der Waals surface area contributed by atoms with Gasteiger partial charge in [-0.2, -0.15) is 0 Å². The second-order valence-electron chi connectivity index (χ2n) is 4.35. The molecule has 2 N–H and O–H groups in total. The minimum atomic E-state index is -0.887. The number of aliphatic carboxylic acids is 1. The molecule has 7 heteroatoms. The minimum absolute atomic E-state index is 0.0375. The van der Waals surface area contributed by atoms with Gasteiger partial charge in [0.15, 0.2) is 11.7 Å². The Hall–Kier alpha value is -2.41. The van der Waals surface area contributed by atoms with Crippen molar-refractivity contribution in [2.24, 2.45) is 0 Å². The number of nitrogens with one attached hydrogen (secondary N) is 1. The van der Waals surface area contributed by atoms with Gasteiger partial charge in [0, 0.05) is 5.38 Å². The molecular formula is C14H14N2O4S. The van der Waals surface area contributed by atoms with E-state index in [1.54, 1.807) is 24.3 Å². The van der Waals surface area contributed by atoms with Gasteiger partial charge in [-0.1, -0.05) is 12.1 Å². The van der Waals surface area contributed by atoms with Crippen molar-refractivity contribution < 1.29 is 19.4 Å². The number of anilines is 1. The Morgan fingerprint density at radius 2 is 2.05 bits per heavy atom. The largest absolute Gasteiger partial charge is 0.484 e. The van der Waals surface area contributed by atoms with Crippen LogP contribution in [0.3, 0.4) is 0 Å². The van der Waals surface area contributed by atoms with Crippen molar-refractivity contribution in [1.29, 1.82) is 0 Å². The van der Waals surface area contributed by atoms with E-state index in [1.165, 1.54) is 11.3 Å². The van der Waals surface area contributed by atoms with Crippen LogP contribution in [-0.4, -0.2) is 28.6 Å². The van der Waals surface area contributed by atoms with Crippen molar-refractivity contribution >= 4 is 28.3 Å². The fourth-order valence-corrected chi connectivity index (χ4v) is 2.30. The van der Waals surface area contributed by atoms with Crippen molar-refractivity contribution in [3.05, 3.63) is 40.9 Å². The van der Waals surface area contributed by atoms with Crippen molar-refractivity contribution in [2.75, 3.05) is 11.9 Å². The highest BCUT2D eigenvalue weighted by molar-refractivity contribution is 7.13. The number of amides is 1. The summed E-state index contributed by atoms with van der Waals surface area (Å²) in [6, 6.07) is 6.59. The van der Waals surface area contributed by atoms with Crippen LogP contribution >= 0.6 is 11.3 Å². The van der Waals surface area contributed by atoms with E-state index in [0.717, 1.165) is 5.69 Å². The molecule has 6 nitrogen and oxygen atoms in total. The number of benzene rings is 1. The third kappa shape index (κ3) is 4.88. The maximum absolute atomic E-state index is 11.7. The second-order valence-corrected chi connectivity index (χ2v) is 5.20. The lowest BCUT2D eigenvalue weighted by Crippen LogP contribution is -2.20. The standard InChI is InChI=1S/C14H14N2O4S/c1-9-8-21-14(15-9)16-12(17)7-20-11-4-2-10(3-5-11)6-13(18)19/h2-5,8H,6-7H2,1H3,(H,18,19)(H,15,16,17). The molecule has 0 atom stereocenters. The molecule has 2 rings (SSSR count). The summed E-state index contributed by atoms with van der Waals surface area (Å²) in [6.07, 6.45) is -0.0375. The van der Waals surface area contributed by atoms with Crippen LogP contribution in [0.1, 0.15) is 11.3 Å². The molecule has 1 aromatic heterocycles. The Morgan fingerprint density at radius 1 is 1.33 bits per heavy atom. The first-order valence-electron chi connectivity index (χ1n) is 6.18. The molecule has 110 valence electrons. The SMILES string of the molecule is Cc1csc(NC(=O)COc2ccc(CC(=O)O)cc2)n1. The van der Waals surface area contributed by atoms with E-state index < -0.39 is 5.97 Å². The predicted molar refractivity (Wildman–Crippen MR) is 78.8 cm³/mol. The van der Waals surface area contributed by atoms with Crippen LogP contribution in [0.4, 0.5) is 5.13 Å². The fourth-order valence-electron chi connectivity index (χ4n) is 1.59. The molecule has 0 aliphatic heterocycles. The number of hydrogen-bond donors (Lipinski definition) is 2. The maximum atomic E-state index is 11.7. The summed E-state index contributed by atoms with van der Waals surface area (Å²) in [5.74, 6) is -0.671. The minimum Gasteiger partial charge on any atom is -0.484 e. The molecule has 0 unspecified atom stereocenters. The van der Waals surface area contributed by atoms with Gasteiger partial charge in [-0.3, -0.25) is 14.9 Å². The van der Waals surface area contributed by atoms with Gasteiger partial charge < -0.3 is 9.84 Å². The number of nitrogens with zero attached hydrogens (tertiary/aromatic N) is 1. The van der Waals surface area contributed by atoms with E-state index >= 15 is 0 Å². The number of carboxylic acid groups (broad SMARTS) is 1. The molecular weight excluding hydrogens is 292 g/mol. The Labute approximate surface area is 125 Å². The number of carbonyl (C=O) groups is 2. The molecule has 1 aromatic carbocycles. The molecule has 1 heterocycles. The highest BCUT2D eigenvalue weighted by Gasteiger charge is 2.07. The lowest BCUT2D eigenvalue weighted by molar-refractivity contribution is -0.136. The highest BCUT2D eigenvalue weighted by Crippen LogP contribution is 2.15. The van der Waals surface area contributed by atoms with Gasteiger partial charge in [0.05, 0.1) is 12.1 Å². The van der Waals surface area contributed by atoms with Gasteiger partial charge in [0.25, 0.3) is 5.91 Å².